The van der Waals surface area contributed by atoms with Crippen molar-refractivity contribution in [3.05, 3.63) is 24.3 Å². The number of aliphatic hydroxyl groups is 2. The van der Waals surface area contributed by atoms with Gasteiger partial charge in [0.2, 0.25) is 0 Å². The van der Waals surface area contributed by atoms with Crippen LogP contribution in [0.1, 0.15) is 25.7 Å². The Bertz CT molecular complexity index is 356. The molecule has 1 atom stereocenters. The number of hydrogen-bond acceptors (Lipinski definition) is 5. The van der Waals surface area contributed by atoms with Gasteiger partial charge in [-0.3, -0.25) is 0 Å². The van der Waals surface area contributed by atoms with Gasteiger partial charge < -0.3 is 25.0 Å². The highest BCUT2D eigenvalue weighted by molar-refractivity contribution is 5.31. The molecule has 0 saturated carbocycles. The fourth-order valence-electron chi connectivity index (χ4n) is 1.91. The normalized spacial score (nSPS) is 12.1. The summed E-state index contributed by atoms with van der Waals surface area (Å²) >= 11 is 0. The third-order valence-electron chi connectivity index (χ3n) is 3.14. The number of ether oxygens (including phenoxy) is 2. The molecule has 120 valence electrons. The summed E-state index contributed by atoms with van der Waals surface area (Å²) in [6.45, 7) is 1.94. The number of nitrogens with one attached hydrogen (secondary N) is 1. The Hall–Kier alpha value is -1.30. The molecule has 21 heavy (non-hydrogen) atoms. The summed E-state index contributed by atoms with van der Waals surface area (Å²) in [5.41, 5.74) is 0. The lowest BCUT2D eigenvalue weighted by molar-refractivity contribution is 0.106. The molecule has 1 aromatic carbocycles. The van der Waals surface area contributed by atoms with Gasteiger partial charge in [0.25, 0.3) is 0 Å². The van der Waals surface area contributed by atoms with E-state index < -0.39 is 6.10 Å². The first-order chi connectivity index (χ1) is 10.3. The molecular formula is C16H27NO4. The van der Waals surface area contributed by atoms with Gasteiger partial charge in [0, 0.05) is 13.2 Å². The largest absolute Gasteiger partial charge is 0.497 e. The van der Waals surface area contributed by atoms with E-state index >= 15 is 0 Å². The van der Waals surface area contributed by atoms with Crippen LogP contribution in [0.2, 0.25) is 0 Å². The summed E-state index contributed by atoms with van der Waals surface area (Å²) in [5.74, 6) is 1.50. The van der Waals surface area contributed by atoms with E-state index in [4.69, 9.17) is 14.6 Å². The number of methoxy groups -OCH3 is 1. The minimum Gasteiger partial charge on any atom is -0.497 e. The van der Waals surface area contributed by atoms with Gasteiger partial charge in [0.1, 0.15) is 24.2 Å². The van der Waals surface area contributed by atoms with E-state index in [1.54, 1.807) is 7.11 Å². The van der Waals surface area contributed by atoms with Crippen molar-refractivity contribution in [1.29, 1.82) is 0 Å². The molecule has 1 aromatic rings. The summed E-state index contributed by atoms with van der Waals surface area (Å²) in [5, 5.41) is 21.7. The first-order valence-electron chi connectivity index (χ1n) is 7.52. The predicted octanol–water partition coefficient (Wildman–Crippen LogP) is 1.58. The second-order valence-electron chi connectivity index (χ2n) is 4.98. The standard InChI is InChI=1S/C16H27NO4/c1-20-15-6-8-16(9-7-15)21-13-14(19)12-17-10-4-2-3-5-11-18/h6-9,14,17-19H,2-5,10-13H2,1H3. The van der Waals surface area contributed by atoms with E-state index in [1.165, 1.54) is 0 Å². The van der Waals surface area contributed by atoms with Crippen LogP contribution >= 0.6 is 0 Å². The lowest BCUT2D eigenvalue weighted by Crippen LogP contribution is -2.32. The molecule has 0 radical (unpaired) electrons. The number of rotatable bonds is 12. The van der Waals surface area contributed by atoms with Crippen molar-refractivity contribution in [2.75, 3.05) is 33.4 Å². The number of unbranched alkanes of at least 4 members (excludes halogenated alkanes) is 3. The Morgan fingerprint density at radius 3 is 2.38 bits per heavy atom. The molecule has 3 N–H and O–H groups in total. The first-order valence-corrected chi connectivity index (χ1v) is 7.52. The molecule has 0 saturated heterocycles. The van der Waals surface area contributed by atoms with Crippen molar-refractivity contribution >= 4 is 0 Å². The molecule has 0 aliphatic rings. The summed E-state index contributed by atoms with van der Waals surface area (Å²) in [6.07, 6.45) is 3.57. The molecule has 1 rings (SSSR count). The summed E-state index contributed by atoms with van der Waals surface area (Å²) in [4.78, 5) is 0. The van der Waals surface area contributed by atoms with Crippen molar-refractivity contribution in [1.82, 2.24) is 5.32 Å². The van der Waals surface area contributed by atoms with E-state index in [0.29, 0.717) is 6.54 Å². The van der Waals surface area contributed by atoms with Crippen LogP contribution < -0.4 is 14.8 Å². The van der Waals surface area contributed by atoms with Crippen molar-refractivity contribution in [3.63, 3.8) is 0 Å². The molecule has 0 aliphatic heterocycles. The lowest BCUT2D eigenvalue weighted by Gasteiger charge is -2.13. The summed E-state index contributed by atoms with van der Waals surface area (Å²) in [7, 11) is 1.62. The van der Waals surface area contributed by atoms with Gasteiger partial charge in [-0.1, -0.05) is 12.8 Å². The maximum Gasteiger partial charge on any atom is 0.119 e. The topological polar surface area (TPSA) is 71.0 Å². The highest BCUT2D eigenvalue weighted by Crippen LogP contribution is 2.16. The van der Waals surface area contributed by atoms with Gasteiger partial charge in [0.05, 0.1) is 7.11 Å². The third kappa shape index (κ3) is 8.55. The van der Waals surface area contributed by atoms with Gasteiger partial charge in [-0.05, 0) is 43.7 Å². The summed E-state index contributed by atoms with van der Waals surface area (Å²) in [6, 6.07) is 7.29. The van der Waals surface area contributed by atoms with Gasteiger partial charge in [-0.15, -0.1) is 0 Å². The highest BCUT2D eigenvalue weighted by atomic mass is 16.5. The van der Waals surface area contributed by atoms with Crippen LogP contribution in [0.4, 0.5) is 0 Å². The zero-order valence-electron chi connectivity index (χ0n) is 12.8. The molecule has 0 heterocycles. The molecule has 5 heteroatoms. The zero-order valence-corrected chi connectivity index (χ0v) is 12.8. The number of aliphatic hydroxyl groups excluding tert-OH is 2. The molecule has 0 fully saturated rings. The van der Waals surface area contributed by atoms with Crippen molar-refractivity contribution in [2.45, 2.75) is 31.8 Å². The molecule has 0 amide bonds. The second-order valence-corrected chi connectivity index (χ2v) is 4.98. The highest BCUT2D eigenvalue weighted by Gasteiger charge is 2.04. The fraction of sp³-hybridized carbons (Fsp3) is 0.625. The van der Waals surface area contributed by atoms with Gasteiger partial charge in [-0.2, -0.15) is 0 Å². The van der Waals surface area contributed by atoms with Crippen LogP contribution in [0.3, 0.4) is 0 Å². The van der Waals surface area contributed by atoms with Gasteiger partial charge in [0.15, 0.2) is 0 Å². The summed E-state index contributed by atoms with van der Waals surface area (Å²) < 4.78 is 10.6. The van der Waals surface area contributed by atoms with Gasteiger partial charge >= 0.3 is 0 Å². The fourth-order valence-corrected chi connectivity index (χ4v) is 1.91. The minimum absolute atomic E-state index is 0.268. The molecule has 5 nitrogen and oxygen atoms in total. The first kappa shape index (κ1) is 17.8. The van der Waals surface area contributed by atoms with E-state index in [-0.39, 0.29) is 13.2 Å². The van der Waals surface area contributed by atoms with Gasteiger partial charge in [-0.25, -0.2) is 0 Å². The Kier molecular flexibility index (Phi) is 9.61. The number of benzene rings is 1. The molecule has 0 bridgehead atoms. The van der Waals surface area contributed by atoms with E-state index in [0.717, 1.165) is 43.7 Å². The average Bonchev–Trinajstić information content (AvgIpc) is 2.52. The molecular weight excluding hydrogens is 270 g/mol. The quantitative estimate of drug-likeness (QED) is 0.511. The van der Waals surface area contributed by atoms with Crippen LogP contribution in [0.15, 0.2) is 24.3 Å². The van der Waals surface area contributed by atoms with Crippen molar-refractivity contribution < 1.29 is 19.7 Å². The number of hydrogen-bond donors (Lipinski definition) is 3. The Morgan fingerprint density at radius 1 is 1.05 bits per heavy atom. The molecule has 1 unspecified atom stereocenters. The molecule has 0 aromatic heterocycles. The lowest BCUT2D eigenvalue weighted by atomic mass is 10.2. The maximum atomic E-state index is 9.81. The molecule has 0 spiro atoms. The zero-order chi connectivity index (χ0) is 15.3. The molecule has 0 aliphatic carbocycles. The monoisotopic (exact) mass is 297 g/mol. The van der Waals surface area contributed by atoms with Crippen molar-refractivity contribution in [3.8, 4) is 11.5 Å². The SMILES string of the molecule is COc1ccc(OCC(O)CNCCCCCCO)cc1. The Morgan fingerprint density at radius 2 is 1.71 bits per heavy atom. The maximum absolute atomic E-state index is 9.81. The van der Waals surface area contributed by atoms with E-state index in [2.05, 4.69) is 5.32 Å². The van der Waals surface area contributed by atoms with E-state index in [1.807, 2.05) is 24.3 Å². The smallest absolute Gasteiger partial charge is 0.119 e. The third-order valence-corrected chi connectivity index (χ3v) is 3.14. The average molecular weight is 297 g/mol. The van der Waals surface area contributed by atoms with Crippen LogP contribution in [-0.4, -0.2) is 49.7 Å². The van der Waals surface area contributed by atoms with Crippen molar-refractivity contribution in [2.24, 2.45) is 0 Å². The van der Waals surface area contributed by atoms with Crippen LogP contribution in [0.25, 0.3) is 0 Å². The van der Waals surface area contributed by atoms with Crippen LogP contribution in [-0.2, 0) is 0 Å². The minimum atomic E-state index is -0.524. The Balaban J connectivity index is 2.03. The predicted molar refractivity (Wildman–Crippen MR) is 82.9 cm³/mol. The van der Waals surface area contributed by atoms with E-state index in [9.17, 15) is 5.11 Å². The second kappa shape index (κ2) is 11.4. The Labute approximate surface area is 126 Å². The van der Waals surface area contributed by atoms with Crippen LogP contribution in [0, 0.1) is 0 Å². The van der Waals surface area contributed by atoms with Crippen LogP contribution in [0.5, 0.6) is 11.5 Å².